The van der Waals surface area contributed by atoms with Crippen molar-refractivity contribution >= 4 is 17.4 Å². The predicted molar refractivity (Wildman–Crippen MR) is 67.5 cm³/mol. The summed E-state index contributed by atoms with van der Waals surface area (Å²) in [6.07, 6.45) is 3.01. The lowest BCUT2D eigenvalue weighted by Gasteiger charge is -2.26. The van der Waals surface area contributed by atoms with E-state index in [1.165, 1.54) is 6.07 Å². The Hall–Kier alpha value is -2.18. The number of amides is 2. The van der Waals surface area contributed by atoms with Gasteiger partial charge in [-0.25, -0.2) is 4.79 Å². The number of carbonyl (C=O) groups is 1. The molecule has 0 spiro atoms. The molecule has 1 aromatic carbocycles. The fraction of sp³-hybridized carbons (Fsp3) is 0.417. The minimum atomic E-state index is -0.916. The molecule has 102 valence electrons. The monoisotopic (exact) mass is 267 g/mol. The van der Waals surface area contributed by atoms with Gasteiger partial charge in [0.25, 0.3) is 0 Å². The summed E-state index contributed by atoms with van der Waals surface area (Å²) in [5, 5.41) is 13.2. The molecular formula is C12H14FN3O3. The van der Waals surface area contributed by atoms with Crippen LogP contribution in [-0.2, 0) is 0 Å². The molecule has 1 saturated heterocycles. The number of hydrogen-bond donors (Lipinski definition) is 1. The van der Waals surface area contributed by atoms with E-state index < -0.39 is 16.4 Å². The molecule has 1 N–H and O–H groups in total. The number of rotatable bonds is 2. The quantitative estimate of drug-likeness (QED) is 0.661. The lowest BCUT2D eigenvalue weighted by Crippen LogP contribution is -2.38. The fourth-order valence-electron chi connectivity index (χ4n) is 2.03. The molecule has 1 aromatic rings. The second kappa shape index (κ2) is 5.64. The molecule has 7 heteroatoms. The van der Waals surface area contributed by atoms with Crippen LogP contribution in [0.15, 0.2) is 18.2 Å². The molecule has 0 bridgehead atoms. The largest absolute Gasteiger partial charge is 0.325 e. The molecule has 0 saturated carbocycles. The Morgan fingerprint density at radius 1 is 1.32 bits per heavy atom. The highest BCUT2D eigenvalue weighted by atomic mass is 19.1. The van der Waals surface area contributed by atoms with Gasteiger partial charge in [0.2, 0.25) is 5.82 Å². The minimum Gasteiger partial charge on any atom is -0.325 e. The lowest BCUT2D eigenvalue weighted by atomic mass is 10.1. The highest BCUT2D eigenvalue weighted by Crippen LogP contribution is 2.22. The molecule has 0 atom stereocenters. The molecule has 0 aromatic heterocycles. The molecule has 0 aliphatic carbocycles. The number of carbonyl (C=O) groups excluding carboxylic acids is 1. The molecule has 2 amide bonds. The minimum absolute atomic E-state index is 0.226. The lowest BCUT2D eigenvalue weighted by molar-refractivity contribution is -0.387. The maximum atomic E-state index is 13.1. The summed E-state index contributed by atoms with van der Waals surface area (Å²) in [6, 6.07) is 3.01. The smallest absolute Gasteiger partial charge is 0.321 e. The maximum absolute atomic E-state index is 13.1. The number of halogens is 1. The van der Waals surface area contributed by atoms with Gasteiger partial charge in [-0.15, -0.1) is 0 Å². The van der Waals surface area contributed by atoms with Gasteiger partial charge in [0.05, 0.1) is 4.92 Å². The van der Waals surface area contributed by atoms with Crippen LogP contribution in [-0.4, -0.2) is 28.9 Å². The van der Waals surface area contributed by atoms with Crippen molar-refractivity contribution in [3.63, 3.8) is 0 Å². The van der Waals surface area contributed by atoms with Gasteiger partial charge in [-0.05, 0) is 31.4 Å². The van der Waals surface area contributed by atoms with Gasteiger partial charge in [0.1, 0.15) is 0 Å². The summed E-state index contributed by atoms with van der Waals surface area (Å²) in [6.45, 7) is 1.35. The van der Waals surface area contributed by atoms with E-state index in [-0.39, 0.29) is 11.7 Å². The number of nitrogens with one attached hydrogen (secondary N) is 1. The van der Waals surface area contributed by atoms with E-state index >= 15 is 0 Å². The molecule has 1 heterocycles. The summed E-state index contributed by atoms with van der Waals surface area (Å²) >= 11 is 0. The Kier molecular flexibility index (Phi) is 3.94. The van der Waals surface area contributed by atoms with Gasteiger partial charge in [-0.2, -0.15) is 4.39 Å². The molecular weight excluding hydrogens is 253 g/mol. The first-order chi connectivity index (χ1) is 9.08. The van der Waals surface area contributed by atoms with Gasteiger partial charge < -0.3 is 10.2 Å². The van der Waals surface area contributed by atoms with Crippen molar-refractivity contribution in [3.05, 3.63) is 34.1 Å². The van der Waals surface area contributed by atoms with Crippen molar-refractivity contribution in [1.82, 2.24) is 4.90 Å². The van der Waals surface area contributed by atoms with Gasteiger partial charge in [0, 0.05) is 24.8 Å². The number of hydrogen-bond acceptors (Lipinski definition) is 3. The van der Waals surface area contributed by atoms with Crippen LogP contribution in [0, 0.1) is 15.9 Å². The van der Waals surface area contributed by atoms with Crippen molar-refractivity contribution in [2.75, 3.05) is 18.4 Å². The molecule has 0 radical (unpaired) electrons. The standard InChI is InChI=1S/C12H14FN3O3/c13-10-5-4-9(8-11(10)16(18)19)14-12(17)15-6-2-1-3-7-15/h4-5,8H,1-3,6-7H2,(H,14,17). The SMILES string of the molecule is O=C(Nc1ccc(F)c([N+](=O)[O-])c1)N1CCCCC1. The van der Waals surface area contributed by atoms with Crippen LogP contribution in [0.4, 0.5) is 20.6 Å². The van der Waals surface area contributed by atoms with Crippen LogP contribution in [0.1, 0.15) is 19.3 Å². The van der Waals surface area contributed by atoms with Crippen LogP contribution in [0.3, 0.4) is 0 Å². The zero-order chi connectivity index (χ0) is 13.8. The van der Waals surface area contributed by atoms with Crippen LogP contribution in [0.2, 0.25) is 0 Å². The average Bonchev–Trinajstić information content (AvgIpc) is 2.41. The highest BCUT2D eigenvalue weighted by Gasteiger charge is 2.19. The van der Waals surface area contributed by atoms with Gasteiger partial charge >= 0.3 is 11.7 Å². The van der Waals surface area contributed by atoms with Crippen LogP contribution >= 0.6 is 0 Å². The van der Waals surface area contributed by atoms with Crippen molar-refractivity contribution in [2.45, 2.75) is 19.3 Å². The molecule has 2 rings (SSSR count). The number of urea groups is 1. The molecule has 1 fully saturated rings. The Labute approximate surface area is 109 Å². The van der Waals surface area contributed by atoms with Crippen molar-refractivity contribution in [1.29, 1.82) is 0 Å². The number of nitro benzene ring substituents is 1. The van der Waals surface area contributed by atoms with E-state index in [0.29, 0.717) is 13.1 Å². The highest BCUT2D eigenvalue weighted by molar-refractivity contribution is 5.89. The first-order valence-electron chi connectivity index (χ1n) is 6.08. The summed E-state index contributed by atoms with van der Waals surface area (Å²) in [5.74, 6) is -0.916. The molecule has 19 heavy (non-hydrogen) atoms. The van der Waals surface area contributed by atoms with Crippen LogP contribution in [0.5, 0.6) is 0 Å². The predicted octanol–water partition coefficient (Wildman–Crippen LogP) is 2.75. The average molecular weight is 267 g/mol. The molecule has 1 aliphatic heterocycles. The second-order valence-electron chi connectivity index (χ2n) is 4.40. The van der Waals surface area contributed by atoms with Crippen molar-refractivity contribution in [2.24, 2.45) is 0 Å². The molecule has 0 unspecified atom stereocenters. The third-order valence-corrected chi connectivity index (χ3v) is 3.04. The summed E-state index contributed by atoms with van der Waals surface area (Å²) in [7, 11) is 0. The molecule has 1 aliphatic rings. The Morgan fingerprint density at radius 2 is 2.00 bits per heavy atom. The second-order valence-corrected chi connectivity index (χ2v) is 4.40. The summed E-state index contributed by atoms with van der Waals surface area (Å²) < 4.78 is 13.1. The topological polar surface area (TPSA) is 75.5 Å². The summed E-state index contributed by atoms with van der Waals surface area (Å²) in [4.78, 5) is 23.3. The number of likely N-dealkylation sites (tertiary alicyclic amines) is 1. The number of nitro groups is 1. The Morgan fingerprint density at radius 3 is 2.63 bits per heavy atom. The zero-order valence-corrected chi connectivity index (χ0v) is 10.3. The van der Waals surface area contributed by atoms with Crippen molar-refractivity contribution < 1.29 is 14.1 Å². The van der Waals surface area contributed by atoms with Crippen LogP contribution < -0.4 is 5.32 Å². The third kappa shape index (κ3) is 3.18. The van der Waals surface area contributed by atoms with E-state index in [2.05, 4.69) is 5.32 Å². The zero-order valence-electron chi connectivity index (χ0n) is 10.3. The van der Waals surface area contributed by atoms with E-state index in [9.17, 15) is 19.3 Å². The first-order valence-corrected chi connectivity index (χ1v) is 6.08. The normalized spacial score (nSPS) is 15.1. The number of anilines is 1. The van der Waals surface area contributed by atoms with E-state index in [1.807, 2.05) is 0 Å². The molecule has 6 nitrogen and oxygen atoms in total. The van der Waals surface area contributed by atoms with Gasteiger partial charge in [0.15, 0.2) is 0 Å². The van der Waals surface area contributed by atoms with Gasteiger partial charge in [-0.3, -0.25) is 10.1 Å². The van der Waals surface area contributed by atoms with E-state index in [1.54, 1.807) is 4.90 Å². The van der Waals surface area contributed by atoms with Gasteiger partial charge in [-0.1, -0.05) is 0 Å². The van der Waals surface area contributed by atoms with E-state index in [4.69, 9.17) is 0 Å². The summed E-state index contributed by atoms with van der Waals surface area (Å²) in [5.41, 5.74) is -0.417. The maximum Gasteiger partial charge on any atom is 0.321 e. The van der Waals surface area contributed by atoms with Crippen molar-refractivity contribution in [3.8, 4) is 0 Å². The Bertz CT molecular complexity index is 501. The Balaban J connectivity index is 2.08. The third-order valence-electron chi connectivity index (χ3n) is 3.04. The number of benzene rings is 1. The van der Waals surface area contributed by atoms with Crippen LogP contribution in [0.25, 0.3) is 0 Å². The fourth-order valence-corrected chi connectivity index (χ4v) is 2.03. The van der Waals surface area contributed by atoms with E-state index in [0.717, 1.165) is 31.4 Å². The number of piperidine rings is 1. The number of nitrogens with zero attached hydrogens (tertiary/aromatic N) is 2. The first kappa shape index (κ1) is 13.3.